The van der Waals surface area contributed by atoms with Gasteiger partial charge in [0.15, 0.2) is 0 Å². The van der Waals surface area contributed by atoms with Gasteiger partial charge in [0, 0.05) is 33.1 Å². The van der Waals surface area contributed by atoms with E-state index in [4.69, 9.17) is 0 Å². The van der Waals surface area contributed by atoms with Crippen LogP contribution in [0.25, 0.3) is 0 Å². The molecule has 0 fully saturated rings. The van der Waals surface area contributed by atoms with Gasteiger partial charge in [-0.1, -0.05) is 90.8 Å². The highest BCUT2D eigenvalue weighted by molar-refractivity contribution is 5.86. The van der Waals surface area contributed by atoms with E-state index in [1.165, 1.54) is 22.3 Å². The number of aromatic hydroxyl groups is 2. The first kappa shape index (κ1) is 36.2. The van der Waals surface area contributed by atoms with E-state index in [0.29, 0.717) is 11.5 Å². The van der Waals surface area contributed by atoms with E-state index in [-0.39, 0.29) is 32.5 Å². The molecule has 4 heteroatoms. The molecule has 2 spiro atoms. The third-order valence-corrected chi connectivity index (χ3v) is 13.2. The van der Waals surface area contributed by atoms with Gasteiger partial charge in [-0.3, -0.25) is 9.59 Å². The van der Waals surface area contributed by atoms with E-state index in [9.17, 15) is 19.8 Å². The summed E-state index contributed by atoms with van der Waals surface area (Å²) >= 11 is 0. The number of benzene rings is 4. The lowest BCUT2D eigenvalue weighted by Crippen LogP contribution is -2.28. The third-order valence-electron chi connectivity index (χ3n) is 13.2. The molecular formula is C48H56O4. The Balaban J connectivity index is 0.000000162. The summed E-state index contributed by atoms with van der Waals surface area (Å²) in [4.78, 5) is 24.2. The smallest absolute Gasteiger partial charge is 0.150 e. The van der Waals surface area contributed by atoms with Gasteiger partial charge >= 0.3 is 0 Å². The number of aldehydes is 2. The first-order valence-electron chi connectivity index (χ1n) is 18.9. The zero-order valence-electron chi connectivity index (χ0n) is 33.3. The maximum atomic E-state index is 12.1. The molecule has 0 saturated carbocycles. The highest BCUT2D eigenvalue weighted by atomic mass is 16.3. The summed E-state index contributed by atoms with van der Waals surface area (Å²) in [5.74, 6) is 0.758. The third kappa shape index (κ3) is 4.99. The second-order valence-electron chi connectivity index (χ2n) is 19.6. The molecule has 0 radical (unpaired) electrons. The van der Waals surface area contributed by atoms with E-state index < -0.39 is 0 Å². The van der Waals surface area contributed by atoms with Crippen LogP contribution in [0, 0.1) is 27.7 Å². The lowest BCUT2D eigenvalue weighted by atomic mass is 9.70. The molecule has 0 bridgehead atoms. The lowest BCUT2D eigenvalue weighted by Gasteiger charge is -2.32. The topological polar surface area (TPSA) is 74.6 Å². The van der Waals surface area contributed by atoms with Gasteiger partial charge < -0.3 is 10.2 Å². The van der Waals surface area contributed by atoms with E-state index in [0.717, 1.165) is 93.9 Å². The zero-order chi connectivity index (χ0) is 38.1. The fourth-order valence-corrected chi connectivity index (χ4v) is 12.0. The first-order chi connectivity index (χ1) is 24.0. The van der Waals surface area contributed by atoms with Crippen LogP contribution in [0.15, 0.2) is 48.5 Å². The fraction of sp³-hybridized carbons (Fsp3) is 0.458. The molecule has 4 nitrogen and oxygen atoms in total. The number of fused-ring (bicyclic) bond motifs is 8. The summed E-state index contributed by atoms with van der Waals surface area (Å²) in [6, 6.07) is 16.7. The largest absolute Gasteiger partial charge is 0.508 e. The molecule has 0 amide bonds. The Hall–Kier alpha value is -4.18. The molecule has 52 heavy (non-hydrogen) atoms. The molecule has 4 aliphatic carbocycles. The van der Waals surface area contributed by atoms with Crippen LogP contribution in [0.2, 0.25) is 0 Å². The van der Waals surface area contributed by atoms with Gasteiger partial charge in [-0.25, -0.2) is 0 Å². The number of hydrogen-bond acceptors (Lipinski definition) is 4. The number of rotatable bonds is 2. The van der Waals surface area contributed by atoms with Crippen LogP contribution >= 0.6 is 0 Å². The SMILES string of the molecule is Cc1cc(C=O)c2c(c1)C(C)(C)CC21CC(C)(C)c2cc(C)cc(C=O)c21.Cc1cc(O)c2c(c1)C(C)(C)CC21CC(C)(C)c2cc(C)cc(O)c21. The second-order valence-corrected chi connectivity index (χ2v) is 19.6. The van der Waals surface area contributed by atoms with Crippen molar-refractivity contribution in [2.24, 2.45) is 0 Å². The Bertz CT molecular complexity index is 2050. The number of phenols is 2. The number of hydrogen-bond donors (Lipinski definition) is 2. The van der Waals surface area contributed by atoms with Gasteiger partial charge in [0.1, 0.15) is 24.1 Å². The standard InChI is InChI=1S/C25H28O2.C23H28O2/c1-15-7-17(11-26)21-19(9-15)23(3,4)13-25(21)14-24(5,6)20-10-16(2)8-18(12-27)22(20)25;1-13-7-15-19(17(24)9-13)23(11-21(15,3)4)12-22(5,6)16-8-14(2)10-18(25)20(16)23/h7-12H,13-14H2,1-6H3;7-10,24-25H,11-12H2,1-6H3. The predicted molar refractivity (Wildman–Crippen MR) is 211 cm³/mol. The van der Waals surface area contributed by atoms with Crippen molar-refractivity contribution >= 4 is 12.6 Å². The summed E-state index contributed by atoms with van der Waals surface area (Å²) in [6.07, 6.45) is 5.71. The summed E-state index contributed by atoms with van der Waals surface area (Å²) in [5.41, 5.74) is 14.7. The van der Waals surface area contributed by atoms with Gasteiger partial charge in [-0.05, 0) is 144 Å². The molecule has 2 N–H and O–H groups in total. The zero-order valence-corrected chi connectivity index (χ0v) is 33.3. The van der Waals surface area contributed by atoms with Crippen molar-refractivity contribution in [1.29, 1.82) is 0 Å². The molecule has 8 rings (SSSR count). The van der Waals surface area contributed by atoms with Crippen LogP contribution < -0.4 is 0 Å². The van der Waals surface area contributed by atoms with Gasteiger partial charge in [0.05, 0.1) is 0 Å². The summed E-state index contributed by atoms with van der Waals surface area (Å²) in [5, 5.41) is 21.9. The molecule has 0 heterocycles. The summed E-state index contributed by atoms with van der Waals surface area (Å²) in [6.45, 7) is 26.3. The molecule has 0 saturated heterocycles. The number of aryl methyl sites for hydroxylation is 4. The average molecular weight is 697 g/mol. The van der Waals surface area contributed by atoms with Crippen molar-refractivity contribution in [2.75, 3.05) is 0 Å². The number of carbonyl (C=O) groups excluding carboxylic acids is 2. The van der Waals surface area contributed by atoms with Crippen molar-refractivity contribution in [3.05, 3.63) is 126 Å². The fourth-order valence-electron chi connectivity index (χ4n) is 12.0. The van der Waals surface area contributed by atoms with Crippen LogP contribution in [-0.2, 0) is 32.5 Å². The highest BCUT2D eigenvalue weighted by Gasteiger charge is 2.60. The van der Waals surface area contributed by atoms with E-state index in [1.807, 2.05) is 38.1 Å². The summed E-state index contributed by atoms with van der Waals surface area (Å²) < 4.78 is 0. The van der Waals surface area contributed by atoms with Crippen molar-refractivity contribution in [2.45, 2.75) is 141 Å². The highest BCUT2D eigenvalue weighted by Crippen LogP contribution is 2.67. The summed E-state index contributed by atoms with van der Waals surface area (Å²) in [7, 11) is 0. The minimum atomic E-state index is -0.312. The molecule has 272 valence electrons. The number of phenolic OH excluding ortho intramolecular Hbond substituents is 2. The molecular weight excluding hydrogens is 641 g/mol. The van der Waals surface area contributed by atoms with Crippen LogP contribution in [0.5, 0.6) is 11.5 Å². The molecule has 0 aliphatic heterocycles. The Kier molecular flexibility index (Phi) is 7.77. The minimum Gasteiger partial charge on any atom is -0.508 e. The quantitative estimate of drug-likeness (QED) is 0.205. The van der Waals surface area contributed by atoms with Gasteiger partial charge in [0.2, 0.25) is 0 Å². The molecule has 4 aromatic rings. The maximum absolute atomic E-state index is 12.1. The van der Waals surface area contributed by atoms with E-state index in [2.05, 4.69) is 93.5 Å². The van der Waals surface area contributed by atoms with E-state index in [1.54, 1.807) is 0 Å². The monoisotopic (exact) mass is 696 g/mol. The minimum absolute atomic E-state index is 0.0339. The Morgan fingerprint density at radius 2 is 0.673 bits per heavy atom. The molecule has 0 unspecified atom stereocenters. The Morgan fingerprint density at radius 1 is 0.423 bits per heavy atom. The molecule has 0 aromatic heterocycles. The van der Waals surface area contributed by atoms with Crippen LogP contribution in [-0.4, -0.2) is 22.8 Å². The number of carbonyl (C=O) groups is 2. The normalized spacial score (nSPS) is 20.8. The van der Waals surface area contributed by atoms with Crippen molar-refractivity contribution in [3.63, 3.8) is 0 Å². The van der Waals surface area contributed by atoms with Crippen LogP contribution in [0.4, 0.5) is 0 Å². The maximum Gasteiger partial charge on any atom is 0.150 e. The van der Waals surface area contributed by atoms with Gasteiger partial charge in [-0.2, -0.15) is 0 Å². The average Bonchev–Trinajstić information content (AvgIpc) is 3.56. The first-order valence-corrected chi connectivity index (χ1v) is 18.9. The molecule has 4 aromatic carbocycles. The Morgan fingerprint density at radius 3 is 0.962 bits per heavy atom. The van der Waals surface area contributed by atoms with Crippen molar-refractivity contribution in [1.82, 2.24) is 0 Å². The molecule has 4 aliphatic rings. The second kappa shape index (κ2) is 11.2. The van der Waals surface area contributed by atoms with Crippen LogP contribution in [0.1, 0.15) is 169 Å². The lowest BCUT2D eigenvalue weighted by molar-refractivity contribution is 0.111. The van der Waals surface area contributed by atoms with Crippen molar-refractivity contribution < 1.29 is 19.8 Å². The molecule has 0 atom stereocenters. The van der Waals surface area contributed by atoms with Crippen LogP contribution in [0.3, 0.4) is 0 Å². The van der Waals surface area contributed by atoms with Gasteiger partial charge in [-0.15, -0.1) is 0 Å². The van der Waals surface area contributed by atoms with E-state index >= 15 is 0 Å². The Labute approximate surface area is 310 Å². The van der Waals surface area contributed by atoms with Gasteiger partial charge in [0.25, 0.3) is 0 Å². The predicted octanol–water partition coefficient (Wildman–Crippen LogP) is 10.9. The van der Waals surface area contributed by atoms with Crippen molar-refractivity contribution in [3.8, 4) is 11.5 Å².